The highest BCUT2D eigenvalue weighted by Crippen LogP contribution is 2.22. The first-order valence-corrected chi connectivity index (χ1v) is 6.85. The first-order valence-electron chi connectivity index (χ1n) is 6.85. The summed E-state index contributed by atoms with van der Waals surface area (Å²) in [5.41, 5.74) is 3.04. The van der Waals surface area contributed by atoms with Gasteiger partial charge < -0.3 is 10.4 Å². The molecule has 0 saturated carbocycles. The maximum Gasteiger partial charge on any atom is 0.353 e. The molecule has 0 bridgehead atoms. The molecule has 2 aromatic rings. The van der Waals surface area contributed by atoms with Crippen LogP contribution >= 0.6 is 0 Å². The molecule has 0 atom stereocenters. The Morgan fingerprint density at radius 1 is 1.14 bits per heavy atom. The summed E-state index contributed by atoms with van der Waals surface area (Å²) in [7, 11) is 0. The first kappa shape index (κ1) is 13.4. The number of amides is 1. The molecule has 108 valence electrons. The molecule has 1 heterocycles. The zero-order valence-corrected chi connectivity index (χ0v) is 11.3. The molecule has 0 radical (unpaired) electrons. The zero-order chi connectivity index (χ0) is 14.8. The van der Waals surface area contributed by atoms with Crippen LogP contribution in [0.5, 0.6) is 0 Å². The van der Waals surface area contributed by atoms with Gasteiger partial charge in [-0.1, -0.05) is 6.07 Å². The molecule has 1 amide bonds. The second kappa shape index (κ2) is 5.40. The largest absolute Gasteiger partial charge is 0.477 e. The van der Waals surface area contributed by atoms with Crippen molar-refractivity contribution in [3.05, 3.63) is 46.6 Å². The lowest BCUT2D eigenvalue weighted by atomic mass is 9.90. The fraction of sp³-hybridized carbons (Fsp3) is 0.267. The fourth-order valence-corrected chi connectivity index (χ4v) is 2.56. The Kier molecular flexibility index (Phi) is 3.43. The number of aryl methyl sites for hydroxylation is 2. The van der Waals surface area contributed by atoms with Crippen molar-refractivity contribution in [3.8, 4) is 0 Å². The number of carboxylic acids is 1. The number of aromatic carboxylic acids is 1. The molecule has 0 fully saturated rings. The average Bonchev–Trinajstić information content (AvgIpc) is 2.95. The van der Waals surface area contributed by atoms with Crippen LogP contribution in [0.4, 0.5) is 5.82 Å². The quantitative estimate of drug-likeness (QED) is 0.806. The van der Waals surface area contributed by atoms with Crippen LogP contribution in [0.25, 0.3) is 0 Å². The third kappa shape index (κ3) is 2.79. The Bertz CT molecular complexity index is 706. The highest BCUT2D eigenvalue weighted by Gasteiger charge is 2.14. The maximum atomic E-state index is 12.2. The SMILES string of the molecule is O=C(Nc1cc(C(=O)O)[nH]n1)c1ccc2c(c1)CCCC2. The lowest BCUT2D eigenvalue weighted by Gasteiger charge is -2.16. The summed E-state index contributed by atoms with van der Waals surface area (Å²) in [5.74, 6) is -1.20. The van der Waals surface area contributed by atoms with Crippen molar-refractivity contribution < 1.29 is 14.7 Å². The minimum absolute atomic E-state index is 0.0595. The van der Waals surface area contributed by atoms with Crippen LogP contribution in [0.1, 0.15) is 44.8 Å². The number of hydrogen-bond acceptors (Lipinski definition) is 3. The summed E-state index contributed by atoms with van der Waals surface area (Å²) in [5, 5.41) is 17.5. The number of carbonyl (C=O) groups is 2. The minimum atomic E-state index is -1.11. The van der Waals surface area contributed by atoms with E-state index in [-0.39, 0.29) is 17.4 Å². The highest BCUT2D eigenvalue weighted by atomic mass is 16.4. The number of anilines is 1. The lowest BCUT2D eigenvalue weighted by molar-refractivity contribution is 0.0690. The van der Waals surface area contributed by atoms with E-state index in [0.29, 0.717) is 5.56 Å². The fourth-order valence-electron chi connectivity index (χ4n) is 2.56. The summed E-state index contributed by atoms with van der Waals surface area (Å²) in [6, 6.07) is 6.99. The Hall–Kier alpha value is -2.63. The van der Waals surface area contributed by atoms with Crippen LogP contribution < -0.4 is 5.32 Å². The Morgan fingerprint density at radius 3 is 2.62 bits per heavy atom. The van der Waals surface area contributed by atoms with Gasteiger partial charge in [0.05, 0.1) is 0 Å². The van der Waals surface area contributed by atoms with E-state index in [9.17, 15) is 9.59 Å². The van der Waals surface area contributed by atoms with Gasteiger partial charge >= 0.3 is 5.97 Å². The van der Waals surface area contributed by atoms with Gasteiger partial charge in [0.25, 0.3) is 5.91 Å². The van der Waals surface area contributed by atoms with Gasteiger partial charge in [-0.15, -0.1) is 0 Å². The molecule has 1 aromatic heterocycles. The molecular formula is C15H15N3O3. The van der Waals surface area contributed by atoms with Crippen LogP contribution in [0.15, 0.2) is 24.3 Å². The van der Waals surface area contributed by atoms with Crippen LogP contribution in [0.3, 0.4) is 0 Å². The lowest BCUT2D eigenvalue weighted by Crippen LogP contribution is -2.14. The van der Waals surface area contributed by atoms with E-state index < -0.39 is 5.97 Å². The van der Waals surface area contributed by atoms with E-state index >= 15 is 0 Å². The molecule has 1 aromatic carbocycles. The minimum Gasteiger partial charge on any atom is -0.477 e. The summed E-state index contributed by atoms with van der Waals surface area (Å²) in [6.45, 7) is 0. The van der Waals surface area contributed by atoms with Gasteiger partial charge in [0.15, 0.2) is 5.82 Å². The third-order valence-electron chi connectivity index (χ3n) is 3.66. The molecule has 0 saturated heterocycles. The molecule has 6 heteroatoms. The predicted molar refractivity (Wildman–Crippen MR) is 76.6 cm³/mol. The number of nitrogens with zero attached hydrogens (tertiary/aromatic N) is 1. The molecule has 6 nitrogen and oxygen atoms in total. The second-order valence-corrected chi connectivity index (χ2v) is 5.12. The summed E-state index contributed by atoms with van der Waals surface area (Å²) in [6.07, 6.45) is 4.42. The Labute approximate surface area is 121 Å². The molecular weight excluding hydrogens is 270 g/mol. The van der Waals surface area contributed by atoms with E-state index in [4.69, 9.17) is 5.11 Å². The number of nitrogens with one attached hydrogen (secondary N) is 2. The number of aromatic nitrogens is 2. The number of hydrogen-bond donors (Lipinski definition) is 3. The summed E-state index contributed by atoms with van der Waals surface area (Å²) < 4.78 is 0. The number of rotatable bonds is 3. The molecule has 0 aliphatic heterocycles. The van der Waals surface area contributed by atoms with Gasteiger partial charge in [-0.25, -0.2) is 4.79 Å². The molecule has 3 N–H and O–H groups in total. The maximum absolute atomic E-state index is 12.2. The number of carboxylic acid groups (broad SMARTS) is 1. The molecule has 0 spiro atoms. The monoisotopic (exact) mass is 285 g/mol. The van der Waals surface area contributed by atoms with Gasteiger partial charge in [-0.3, -0.25) is 9.89 Å². The van der Waals surface area contributed by atoms with Gasteiger partial charge in [0.1, 0.15) is 5.69 Å². The number of H-pyrrole nitrogens is 1. The normalized spacial score (nSPS) is 13.5. The molecule has 1 aliphatic carbocycles. The van der Waals surface area contributed by atoms with Crippen molar-refractivity contribution in [1.29, 1.82) is 0 Å². The van der Waals surface area contributed by atoms with Crippen molar-refractivity contribution in [1.82, 2.24) is 10.2 Å². The average molecular weight is 285 g/mol. The molecule has 0 unspecified atom stereocenters. The van der Waals surface area contributed by atoms with Gasteiger partial charge in [-0.2, -0.15) is 5.10 Å². The van der Waals surface area contributed by atoms with Crippen molar-refractivity contribution in [2.45, 2.75) is 25.7 Å². The summed E-state index contributed by atoms with van der Waals surface area (Å²) in [4.78, 5) is 22.9. The van der Waals surface area contributed by atoms with E-state index in [1.54, 1.807) is 6.07 Å². The van der Waals surface area contributed by atoms with Crippen molar-refractivity contribution in [2.75, 3.05) is 5.32 Å². The van der Waals surface area contributed by atoms with Crippen molar-refractivity contribution >= 4 is 17.7 Å². The van der Waals surface area contributed by atoms with Crippen molar-refractivity contribution in [3.63, 3.8) is 0 Å². The smallest absolute Gasteiger partial charge is 0.353 e. The molecule has 21 heavy (non-hydrogen) atoms. The molecule has 3 rings (SSSR count). The van der Waals surface area contributed by atoms with Crippen LogP contribution in [-0.2, 0) is 12.8 Å². The number of benzene rings is 1. The number of fused-ring (bicyclic) bond motifs is 1. The van der Waals surface area contributed by atoms with Gasteiger partial charge in [0.2, 0.25) is 0 Å². The van der Waals surface area contributed by atoms with Gasteiger partial charge in [-0.05, 0) is 48.9 Å². The molecule has 1 aliphatic rings. The van der Waals surface area contributed by atoms with E-state index in [1.807, 2.05) is 12.1 Å². The summed E-state index contributed by atoms with van der Waals surface area (Å²) >= 11 is 0. The topological polar surface area (TPSA) is 95.1 Å². The van der Waals surface area contributed by atoms with Crippen LogP contribution in [0.2, 0.25) is 0 Å². The van der Waals surface area contributed by atoms with E-state index in [1.165, 1.54) is 23.6 Å². The number of carbonyl (C=O) groups excluding carboxylic acids is 1. The van der Waals surface area contributed by atoms with Gasteiger partial charge in [0, 0.05) is 11.6 Å². The highest BCUT2D eigenvalue weighted by molar-refractivity contribution is 6.04. The Morgan fingerprint density at radius 2 is 1.90 bits per heavy atom. The standard InChI is InChI=1S/C15H15N3O3/c19-14(16-13-8-12(15(20)21)17-18-13)11-6-5-9-3-1-2-4-10(9)7-11/h5-8H,1-4H2,(H,20,21)(H2,16,17,18,19). The van der Waals surface area contributed by atoms with E-state index in [0.717, 1.165) is 19.3 Å². The van der Waals surface area contributed by atoms with Crippen molar-refractivity contribution in [2.24, 2.45) is 0 Å². The predicted octanol–water partition coefficient (Wildman–Crippen LogP) is 2.24. The van der Waals surface area contributed by atoms with E-state index in [2.05, 4.69) is 15.5 Å². The van der Waals surface area contributed by atoms with Crippen LogP contribution in [-0.4, -0.2) is 27.2 Å². The third-order valence-corrected chi connectivity index (χ3v) is 3.66. The first-order chi connectivity index (χ1) is 10.1. The Balaban J connectivity index is 1.77. The van der Waals surface area contributed by atoms with Crippen LogP contribution in [0, 0.1) is 0 Å². The second-order valence-electron chi connectivity index (χ2n) is 5.12. The number of aromatic amines is 1. The zero-order valence-electron chi connectivity index (χ0n) is 11.3.